The van der Waals surface area contributed by atoms with Crippen molar-refractivity contribution in [3.63, 3.8) is 0 Å². The van der Waals surface area contributed by atoms with Crippen molar-refractivity contribution in [1.29, 1.82) is 0 Å². The van der Waals surface area contributed by atoms with E-state index in [0.717, 1.165) is 15.1 Å². The molecule has 2 aromatic rings. The van der Waals surface area contributed by atoms with E-state index in [-0.39, 0.29) is 25.4 Å². The summed E-state index contributed by atoms with van der Waals surface area (Å²) in [6, 6.07) is 1.96. The molecule has 0 unspecified atom stereocenters. The molecule has 2 heterocycles. The molecule has 0 aliphatic heterocycles. The fourth-order valence-electron chi connectivity index (χ4n) is 1.65. The molecule has 0 spiro atoms. The number of hydrogen-bond donors (Lipinski definition) is 3. The maximum absolute atomic E-state index is 11.5. The molecule has 3 N–H and O–H groups in total. The summed E-state index contributed by atoms with van der Waals surface area (Å²) in [4.78, 5) is 32.1. The number of carboxylic acids is 1. The number of hydrogen-bond acceptors (Lipinski definition) is 6. The third-order valence-corrected chi connectivity index (χ3v) is 3.49. The average molecular weight is 294 g/mol. The number of aryl methyl sites for hydroxylation is 1. The molecule has 1 amide bonds. The van der Waals surface area contributed by atoms with Crippen molar-refractivity contribution in [2.75, 3.05) is 18.4 Å². The van der Waals surface area contributed by atoms with Crippen molar-refractivity contribution < 1.29 is 14.7 Å². The monoisotopic (exact) mass is 294 g/mol. The zero-order valence-corrected chi connectivity index (χ0v) is 11.7. The van der Waals surface area contributed by atoms with Crippen LogP contribution in [0.15, 0.2) is 12.4 Å². The van der Waals surface area contributed by atoms with Gasteiger partial charge in [-0.05, 0) is 13.0 Å². The quantitative estimate of drug-likeness (QED) is 0.734. The van der Waals surface area contributed by atoms with E-state index in [4.69, 9.17) is 5.11 Å². The Morgan fingerprint density at radius 3 is 2.95 bits per heavy atom. The number of fused-ring (bicyclic) bond motifs is 1. The van der Waals surface area contributed by atoms with E-state index in [9.17, 15) is 9.59 Å². The maximum atomic E-state index is 11.5. The molecule has 8 heteroatoms. The lowest BCUT2D eigenvalue weighted by Crippen LogP contribution is -2.31. The fourth-order valence-corrected chi connectivity index (χ4v) is 2.50. The van der Waals surface area contributed by atoms with E-state index in [0.29, 0.717) is 5.82 Å². The molecule has 2 rings (SSSR count). The Bertz CT molecular complexity index is 641. The Morgan fingerprint density at radius 1 is 1.40 bits per heavy atom. The van der Waals surface area contributed by atoms with Gasteiger partial charge in [-0.2, -0.15) is 0 Å². The van der Waals surface area contributed by atoms with E-state index in [1.807, 2.05) is 13.0 Å². The first-order chi connectivity index (χ1) is 9.56. The number of carboxylic acid groups (broad SMARTS) is 1. The van der Waals surface area contributed by atoms with Crippen LogP contribution in [0.2, 0.25) is 0 Å². The fraction of sp³-hybridized carbons (Fsp3) is 0.333. The van der Waals surface area contributed by atoms with E-state index in [1.54, 1.807) is 11.3 Å². The van der Waals surface area contributed by atoms with Gasteiger partial charge in [-0.3, -0.25) is 9.59 Å². The second-order valence-corrected chi connectivity index (χ2v) is 5.38. The molecule has 0 aliphatic rings. The summed E-state index contributed by atoms with van der Waals surface area (Å²) in [5, 5.41) is 14.8. The predicted molar refractivity (Wildman–Crippen MR) is 75.9 cm³/mol. The molecule has 0 aliphatic carbocycles. The van der Waals surface area contributed by atoms with Crippen LogP contribution in [0.1, 0.15) is 11.3 Å². The number of nitrogens with one attached hydrogen (secondary N) is 2. The Labute approximate surface area is 119 Å². The number of rotatable bonds is 6. The predicted octanol–water partition coefficient (Wildman–Crippen LogP) is 1.00. The highest BCUT2D eigenvalue weighted by Gasteiger charge is 2.08. The van der Waals surface area contributed by atoms with Gasteiger partial charge in [0.1, 0.15) is 17.0 Å². The van der Waals surface area contributed by atoms with Crippen LogP contribution in [0.25, 0.3) is 10.2 Å². The van der Waals surface area contributed by atoms with Crippen molar-refractivity contribution in [3.8, 4) is 0 Å². The van der Waals surface area contributed by atoms with Gasteiger partial charge in [0.15, 0.2) is 0 Å². The standard InChI is InChI=1S/C12H14N4O3S/c1-7-4-8-11(15-6-16-12(8)20-7)14-5-9(17)13-3-2-10(18)19/h4,6H,2-3,5H2,1H3,(H,13,17)(H,18,19)(H,14,15,16). The second kappa shape index (κ2) is 6.29. The number of aromatic nitrogens is 2. The van der Waals surface area contributed by atoms with Crippen LogP contribution in [0.5, 0.6) is 0 Å². The van der Waals surface area contributed by atoms with Crippen molar-refractivity contribution in [1.82, 2.24) is 15.3 Å². The molecule has 7 nitrogen and oxygen atoms in total. The number of aliphatic carboxylic acids is 1. The summed E-state index contributed by atoms with van der Waals surface area (Å²) in [5.41, 5.74) is 0. The molecule has 0 saturated carbocycles. The molecule has 0 radical (unpaired) electrons. The minimum absolute atomic E-state index is 0.0423. The van der Waals surface area contributed by atoms with Crippen LogP contribution >= 0.6 is 11.3 Å². The molecule has 2 aromatic heterocycles. The average Bonchev–Trinajstić information content (AvgIpc) is 2.76. The van der Waals surface area contributed by atoms with E-state index in [2.05, 4.69) is 20.6 Å². The van der Waals surface area contributed by atoms with E-state index < -0.39 is 5.97 Å². The first kappa shape index (κ1) is 14.2. The summed E-state index contributed by atoms with van der Waals surface area (Å²) < 4.78 is 0. The lowest BCUT2D eigenvalue weighted by molar-refractivity contribution is -0.136. The van der Waals surface area contributed by atoms with Crippen LogP contribution in [-0.2, 0) is 9.59 Å². The molecule has 0 aromatic carbocycles. The van der Waals surface area contributed by atoms with Crippen molar-refractivity contribution in [2.24, 2.45) is 0 Å². The lowest BCUT2D eigenvalue weighted by Gasteiger charge is -2.06. The van der Waals surface area contributed by atoms with Crippen LogP contribution in [0.3, 0.4) is 0 Å². The maximum Gasteiger partial charge on any atom is 0.305 e. The summed E-state index contributed by atoms with van der Waals surface area (Å²) in [6.45, 7) is 2.14. The largest absolute Gasteiger partial charge is 0.481 e. The smallest absolute Gasteiger partial charge is 0.305 e. The van der Waals surface area contributed by atoms with Gasteiger partial charge in [0.05, 0.1) is 18.4 Å². The Hall–Kier alpha value is -2.22. The normalized spacial score (nSPS) is 10.4. The topological polar surface area (TPSA) is 104 Å². The van der Waals surface area contributed by atoms with Gasteiger partial charge in [0.2, 0.25) is 5.91 Å². The van der Waals surface area contributed by atoms with Crippen LogP contribution in [-0.4, -0.2) is 40.0 Å². The summed E-state index contributed by atoms with van der Waals surface area (Å²) in [6.07, 6.45) is 1.36. The van der Waals surface area contributed by atoms with E-state index >= 15 is 0 Å². The summed E-state index contributed by atoms with van der Waals surface area (Å²) in [7, 11) is 0. The summed E-state index contributed by atoms with van der Waals surface area (Å²) in [5.74, 6) is -0.609. The Balaban J connectivity index is 1.92. The van der Waals surface area contributed by atoms with Gasteiger partial charge in [-0.25, -0.2) is 9.97 Å². The molecule has 20 heavy (non-hydrogen) atoms. The Kier molecular flexibility index (Phi) is 4.46. The molecule has 106 valence electrons. The number of nitrogens with zero attached hydrogens (tertiary/aromatic N) is 2. The molecule has 0 bridgehead atoms. The Morgan fingerprint density at radius 2 is 2.20 bits per heavy atom. The SMILES string of the molecule is Cc1cc2c(NCC(=O)NCCC(=O)O)ncnc2s1. The number of thiophene rings is 1. The van der Waals surface area contributed by atoms with Crippen LogP contribution < -0.4 is 10.6 Å². The number of carbonyl (C=O) groups is 2. The number of amides is 1. The molecule has 0 fully saturated rings. The second-order valence-electron chi connectivity index (χ2n) is 4.15. The highest BCUT2D eigenvalue weighted by Crippen LogP contribution is 2.27. The van der Waals surface area contributed by atoms with Gasteiger partial charge < -0.3 is 15.7 Å². The van der Waals surface area contributed by atoms with Gasteiger partial charge >= 0.3 is 5.97 Å². The number of anilines is 1. The minimum Gasteiger partial charge on any atom is -0.481 e. The van der Waals surface area contributed by atoms with Crippen LogP contribution in [0.4, 0.5) is 5.82 Å². The first-order valence-corrected chi connectivity index (χ1v) is 6.81. The molecule has 0 saturated heterocycles. The van der Waals surface area contributed by atoms with Gasteiger partial charge in [-0.15, -0.1) is 11.3 Å². The van der Waals surface area contributed by atoms with Crippen molar-refractivity contribution in [3.05, 3.63) is 17.3 Å². The van der Waals surface area contributed by atoms with Crippen molar-refractivity contribution in [2.45, 2.75) is 13.3 Å². The zero-order chi connectivity index (χ0) is 14.5. The highest BCUT2D eigenvalue weighted by molar-refractivity contribution is 7.18. The molecular weight excluding hydrogens is 280 g/mol. The lowest BCUT2D eigenvalue weighted by atomic mass is 10.3. The van der Waals surface area contributed by atoms with Gasteiger partial charge in [-0.1, -0.05) is 0 Å². The highest BCUT2D eigenvalue weighted by atomic mass is 32.1. The van der Waals surface area contributed by atoms with Crippen molar-refractivity contribution >= 4 is 39.2 Å². The third-order valence-electron chi connectivity index (χ3n) is 2.53. The zero-order valence-electron chi connectivity index (χ0n) is 10.8. The number of carbonyl (C=O) groups excluding carboxylic acids is 1. The van der Waals surface area contributed by atoms with E-state index in [1.165, 1.54) is 6.33 Å². The molecule has 0 atom stereocenters. The summed E-state index contributed by atoms with van der Waals surface area (Å²) >= 11 is 1.56. The first-order valence-electron chi connectivity index (χ1n) is 6.00. The third kappa shape index (κ3) is 3.64. The van der Waals surface area contributed by atoms with Gasteiger partial charge in [0.25, 0.3) is 0 Å². The minimum atomic E-state index is -0.940. The van der Waals surface area contributed by atoms with Crippen LogP contribution in [0, 0.1) is 6.92 Å². The van der Waals surface area contributed by atoms with Gasteiger partial charge in [0, 0.05) is 11.4 Å². The molecular formula is C12H14N4O3S.